The van der Waals surface area contributed by atoms with Gasteiger partial charge in [-0.25, -0.2) is 9.59 Å². The number of nitrogens with zero attached hydrogens (tertiary/aromatic N) is 1. The van der Waals surface area contributed by atoms with Gasteiger partial charge < -0.3 is 19.8 Å². The number of hydrogen-bond donors (Lipinski definition) is 2. The number of fused-ring (bicyclic) bond motifs is 2. The van der Waals surface area contributed by atoms with Gasteiger partial charge in [-0.2, -0.15) is 0 Å². The normalized spacial score (nSPS) is 24.0. The number of carbonyl (C=O) groups is 2. The molecule has 28 heavy (non-hydrogen) atoms. The third-order valence-electron chi connectivity index (χ3n) is 5.86. The van der Waals surface area contributed by atoms with E-state index in [2.05, 4.69) is 0 Å². The van der Waals surface area contributed by atoms with Crippen molar-refractivity contribution in [2.75, 3.05) is 0 Å². The molecule has 2 heterocycles. The number of carboxylic acid groups (broad SMARTS) is 1. The van der Waals surface area contributed by atoms with Crippen LogP contribution in [0, 0.1) is 0 Å². The molecule has 2 fully saturated rings. The maximum Gasteiger partial charge on any atom is 0.407 e. The Morgan fingerprint density at radius 1 is 0.893 bits per heavy atom. The van der Waals surface area contributed by atoms with E-state index in [0.717, 1.165) is 12.8 Å². The van der Waals surface area contributed by atoms with Gasteiger partial charge in [-0.1, -0.05) is 60.7 Å². The molecule has 0 saturated carbocycles. The summed E-state index contributed by atoms with van der Waals surface area (Å²) < 4.78 is 5.77. The molecule has 2 aliphatic rings. The third-order valence-corrected chi connectivity index (χ3v) is 5.86. The highest BCUT2D eigenvalue weighted by Crippen LogP contribution is 2.38. The average Bonchev–Trinajstić information content (AvgIpc) is 3.00. The van der Waals surface area contributed by atoms with Gasteiger partial charge in [0.15, 0.2) is 0 Å². The van der Waals surface area contributed by atoms with Crippen LogP contribution in [0.2, 0.25) is 0 Å². The van der Waals surface area contributed by atoms with Crippen molar-refractivity contribution in [2.45, 2.75) is 49.5 Å². The fourth-order valence-corrected chi connectivity index (χ4v) is 4.53. The van der Waals surface area contributed by atoms with Crippen LogP contribution in [0.4, 0.5) is 4.79 Å². The van der Waals surface area contributed by atoms with Gasteiger partial charge in [0.05, 0.1) is 0 Å². The minimum Gasteiger partial charge on any atom is -0.465 e. The molecule has 2 bridgehead atoms. The summed E-state index contributed by atoms with van der Waals surface area (Å²) >= 11 is 0. The van der Waals surface area contributed by atoms with E-state index in [9.17, 15) is 19.8 Å². The first-order valence-corrected chi connectivity index (χ1v) is 9.56. The molecule has 2 N–H and O–H groups in total. The second-order valence-corrected chi connectivity index (χ2v) is 7.52. The summed E-state index contributed by atoms with van der Waals surface area (Å²) in [5.74, 6) is -0.724. The van der Waals surface area contributed by atoms with E-state index in [-0.39, 0.29) is 12.1 Å². The van der Waals surface area contributed by atoms with Crippen LogP contribution in [0.15, 0.2) is 60.7 Å². The molecule has 2 aromatic carbocycles. The van der Waals surface area contributed by atoms with E-state index in [0.29, 0.717) is 24.0 Å². The molecule has 0 unspecified atom stereocenters. The van der Waals surface area contributed by atoms with Crippen molar-refractivity contribution in [3.8, 4) is 0 Å². The highest BCUT2D eigenvalue weighted by Gasteiger charge is 2.47. The van der Waals surface area contributed by atoms with Crippen molar-refractivity contribution in [1.82, 2.24) is 4.90 Å². The second-order valence-electron chi connectivity index (χ2n) is 7.52. The Morgan fingerprint density at radius 2 is 1.36 bits per heavy atom. The average molecular weight is 381 g/mol. The van der Waals surface area contributed by atoms with Crippen LogP contribution >= 0.6 is 0 Å². The molecular formula is C22H23NO5. The lowest BCUT2D eigenvalue weighted by Crippen LogP contribution is -2.49. The minimum absolute atomic E-state index is 0.129. The van der Waals surface area contributed by atoms with E-state index in [1.165, 1.54) is 4.90 Å². The van der Waals surface area contributed by atoms with E-state index >= 15 is 0 Å². The van der Waals surface area contributed by atoms with E-state index in [1.807, 2.05) is 12.1 Å². The molecule has 6 nitrogen and oxygen atoms in total. The lowest BCUT2D eigenvalue weighted by Gasteiger charge is -2.38. The summed E-state index contributed by atoms with van der Waals surface area (Å²) in [5.41, 5.74) is -1.03. The highest BCUT2D eigenvalue weighted by atomic mass is 16.6. The fourth-order valence-electron chi connectivity index (χ4n) is 4.53. The molecule has 4 rings (SSSR count). The van der Waals surface area contributed by atoms with Crippen LogP contribution in [0.1, 0.15) is 36.8 Å². The van der Waals surface area contributed by atoms with Crippen LogP contribution in [0.5, 0.6) is 0 Å². The maximum atomic E-state index is 13.2. The Bertz CT molecular complexity index is 800. The number of esters is 1. The Labute approximate surface area is 163 Å². The van der Waals surface area contributed by atoms with E-state index in [4.69, 9.17) is 4.74 Å². The monoisotopic (exact) mass is 381 g/mol. The van der Waals surface area contributed by atoms with Crippen LogP contribution in [-0.4, -0.2) is 45.4 Å². The number of amides is 1. The quantitative estimate of drug-likeness (QED) is 0.795. The van der Waals surface area contributed by atoms with E-state index in [1.54, 1.807) is 48.5 Å². The molecule has 2 aliphatic heterocycles. The maximum absolute atomic E-state index is 13.2. The number of carbonyl (C=O) groups excluding carboxylic acids is 1. The Balaban J connectivity index is 1.59. The Kier molecular flexibility index (Phi) is 4.81. The summed E-state index contributed by atoms with van der Waals surface area (Å²) in [4.78, 5) is 26.1. The lowest BCUT2D eigenvalue weighted by molar-refractivity contribution is -0.170. The van der Waals surface area contributed by atoms with Gasteiger partial charge in [0.25, 0.3) is 0 Å². The number of ether oxygens (including phenoxy) is 1. The first kappa shape index (κ1) is 18.5. The zero-order valence-electron chi connectivity index (χ0n) is 15.4. The number of hydrogen-bond acceptors (Lipinski definition) is 4. The molecular weight excluding hydrogens is 358 g/mol. The van der Waals surface area contributed by atoms with Crippen molar-refractivity contribution >= 4 is 12.1 Å². The van der Waals surface area contributed by atoms with Gasteiger partial charge in [-0.05, 0) is 24.0 Å². The smallest absolute Gasteiger partial charge is 0.407 e. The van der Waals surface area contributed by atoms with Crippen LogP contribution in [0.3, 0.4) is 0 Å². The van der Waals surface area contributed by atoms with E-state index < -0.39 is 23.8 Å². The van der Waals surface area contributed by atoms with Crippen molar-refractivity contribution in [1.29, 1.82) is 0 Å². The molecule has 0 aliphatic carbocycles. The van der Waals surface area contributed by atoms with Gasteiger partial charge >= 0.3 is 12.1 Å². The molecule has 6 heteroatoms. The van der Waals surface area contributed by atoms with Crippen molar-refractivity contribution < 1.29 is 24.5 Å². The summed E-state index contributed by atoms with van der Waals surface area (Å²) in [6.45, 7) is 0. The minimum atomic E-state index is -1.91. The van der Waals surface area contributed by atoms with Crippen LogP contribution < -0.4 is 0 Å². The standard InChI is InChI=1S/C22H23NO5/c24-20(28-19-13-17-11-12-18(14-19)23(17)21(25)26)22(27,15-7-3-1-4-8-15)16-9-5-2-6-10-16/h1-10,17-19,27H,11-14H2,(H,25,26)/t17-,18+,19-. The third kappa shape index (κ3) is 3.14. The van der Waals surface area contributed by atoms with Gasteiger partial charge in [0.2, 0.25) is 5.60 Å². The molecule has 2 saturated heterocycles. The predicted octanol–water partition coefficient (Wildman–Crippen LogP) is 3.14. The summed E-state index contributed by atoms with van der Waals surface area (Å²) in [6, 6.07) is 17.2. The predicted molar refractivity (Wildman–Crippen MR) is 102 cm³/mol. The summed E-state index contributed by atoms with van der Waals surface area (Å²) in [7, 11) is 0. The molecule has 0 radical (unpaired) electrons. The van der Waals surface area contributed by atoms with Crippen molar-refractivity contribution in [3.05, 3.63) is 71.8 Å². The van der Waals surface area contributed by atoms with Gasteiger partial charge in [0.1, 0.15) is 6.10 Å². The first-order valence-electron chi connectivity index (χ1n) is 9.56. The highest BCUT2D eigenvalue weighted by molar-refractivity contribution is 5.85. The lowest BCUT2D eigenvalue weighted by atomic mass is 9.86. The molecule has 2 aromatic rings. The van der Waals surface area contributed by atoms with Crippen molar-refractivity contribution in [2.24, 2.45) is 0 Å². The zero-order valence-corrected chi connectivity index (χ0v) is 15.4. The topological polar surface area (TPSA) is 87.1 Å². The molecule has 1 amide bonds. The SMILES string of the molecule is O=C(O)N1[C@@H]2CC[C@H]1C[C@H](OC(=O)C(O)(c1ccccc1)c1ccccc1)C2. The number of piperidine rings is 1. The van der Waals surface area contributed by atoms with Gasteiger partial charge in [0, 0.05) is 24.9 Å². The fraction of sp³-hybridized carbons (Fsp3) is 0.364. The summed E-state index contributed by atoms with van der Waals surface area (Å²) in [5, 5.41) is 20.9. The van der Waals surface area contributed by atoms with Crippen LogP contribution in [-0.2, 0) is 15.1 Å². The van der Waals surface area contributed by atoms with Crippen molar-refractivity contribution in [3.63, 3.8) is 0 Å². The largest absolute Gasteiger partial charge is 0.465 e. The Morgan fingerprint density at radius 3 is 1.79 bits per heavy atom. The van der Waals surface area contributed by atoms with Gasteiger partial charge in [-0.15, -0.1) is 0 Å². The molecule has 0 spiro atoms. The molecule has 3 atom stereocenters. The number of benzene rings is 2. The first-order chi connectivity index (χ1) is 13.5. The molecule has 146 valence electrons. The second kappa shape index (κ2) is 7.28. The number of rotatable bonds is 4. The zero-order chi connectivity index (χ0) is 19.7. The molecule has 0 aromatic heterocycles. The van der Waals surface area contributed by atoms with Gasteiger partial charge in [-0.3, -0.25) is 0 Å². The number of aliphatic hydroxyl groups is 1. The Hall–Kier alpha value is -2.86. The van der Waals surface area contributed by atoms with Crippen LogP contribution in [0.25, 0.3) is 0 Å². The summed E-state index contributed by atoms with van der Waals surface area (Å²) in [6.07, 6.45) is 1.18.